The molecule has 2 aromatic rings. The van der Waals surface area contributed by atoms with Gasteiger partial charge in [0.2, 0.25) is 0 Å². The molecule has 0 nitrogen and oxygen atoms in total. The summed E-state index contributed by atoms with van der Waals surface area (Å²) in [7, 11) is 0. The van der Waals surface area contributed by atoms with E-state index in [0.29, 0.717) is 5.92 Å². The molecule has 1 heterocycles. The molecule has 0 N–H and O–H groups in total. The maximum absolute atomic E-state index is 2.41. The van der Waals surface area contributed by atoms with Crippen LogP contribution in [-0.2, 0) is 0 Å². The van der Waals surface area contributed by atoms with Gasteiger partial charge < -0.3 is 0 Å². The van der Waals surface area contributed by atoms with Gasteiger partial charge in [0, 0.05) is 9.23 Å². The molecule has 0 bridgehead atoms. The Morgan fingerprint density at radius 2 is 2.14 bits per heavy atom. The average molecular weight is 200 g/mol. The number of thiophene rings is 1. The lowest BCUT2D eigenvalue weighted by Crippen LogP contribution is -2.23. The quantitative estimate of drug-likeness (QED) is 0.613. The monoisotopic (exact) mass is 200 g/mol. The molecule has 0 radical (unpaired) electrons. The van der Waals surface area contributed by atoms with E-state index in [0.717, 1.165) is 0 Å². The van der Waals surface area contributed by atoms with Gasteiger partial charge in [-0.2, -0.15) is 0 Å². The number of hydrogen-bond acceptors (Lipinski definition) is 1. The Kier molecular flexibility index (Phi) is 1.74. The van der Waals surface area contributed by atoms with E-state index < -0.39 is 0 Å². The highest BCUT2D eigenvalue weighted by atomic mass is 32.1. The third-order valence-electron chi connectivity index (χ3n) is 2.79. The number of hydrogen-bond donors (Lipinski definition) is 0. The van der Waals surface area contributed by atoms with Crippen molar-refractivity contribution in [1.82, 2.24) is 0 Å². The Morgan fingerprint density at radius 1 is 1.29 bits per heavy atom. The van der Waals surface area contributed by atoms with Crippen LogP contribution in [0, 0.1) is 5.92 Å². The van der Waals surface area contributed by atoms with Crippen molar-refractivity contribution in [3.63, 3.8) is 0 Å². The molecule has 0 saturated heterocycles. The Bertz CT molecular complexity index is 589. The molecule has 0 aliphatic heterocycles. The van der Waals surface area contributed by atoms with Crippen molar-refractivity contribution in [2.75, 3.05) is 0 Å². The van der Waals surface area contributed by atoms with Gasteiger partial charge in [0.1, 0.15) is 0 Å². The zero-order valence-corrected chi connectivity index (χ0v) is 8.97. The highest BCUT2D eigenvalue weighted by molar-refractivity contribution is 7.17. The molecule has 0 fully saturated rings. The fraction of sp³-hybridized carbons (Fsp3) is 0.231. The first-order chi connectivity index (χ1) is 6.84. The van der Waals surface area contributed by atoms with Crippen molar-refractivity contribution in [3.05, 3.63) is 34.0 Å². The van der Waals surface area contributed by atoms with Crippen molar-refractivity contribution in [2.45, 2.75) is 13.3 Å². The standard InChI is InChI=1S/C13H12S/c1-9-6-7-13-11(8-9)10-4-2-3-5-12(10)14-13/h2-5,7-9H,6H2,1H3. The van der Waals surface area contributed by atoms with Gasteiger partial charge in [-0.05, 0) is 29.0 Å². The molecule has 14 heavy (non-hydrogen) atoms. The predicted molar refractivity (Wildman–Crippen MR) is 63.8 cm³/mol. The number of fused-ring (bicyclic) bond motifs is 3. The summed E-state index contributed by atoms with van der Waals surface area (Å²) in [5, 5.41) is 2.89. The molecule has 3 rings (SSSR count). The van der Waals surface area contributed by atoms with Crippen molar-refractivity contribution in [1.29, 1.82) is 0 Å². The molecule has 70 valence electrons. The maximum Gasteiger partial charge on any atom is 0.0355 e. The summed E-state index contributed by atoms with van der Waals surface area (Å²) in [6.07, 6.45) is 5.98. The second-order valence-electron chi connectivity index (χ2n) is 3.96. The van der Waals surface area contributed by atoms with Crippen LogP contribution in [0.5, 0.6) is 0 Å². The Morgan fingerprint density at radius 3 is 3.07 bits per heavy atom. The van der Waals surface area contributed by atoms with Crippen molar-refractivity contribution in [2.24, 2.45) is 5.92 Å². The van der Waals surface area contributed by atoms with Crippen LogP contribution in [-0.4, -0.2) is 0 Å². The first-order valence-corrected chi connectivity index (χ1v) is 5.86. The lowest BCUT2D eigenvalue weighted by Gasteiger charge is -2.04. The second-order valence-corrected chi connectivity index (χ2v) is 5.04. The van der Waals surface area contributed by atoms with Gasteiger partial charge in [-0.1, -0.05) is 37.3 Å². The highest BCUT2D eigenvalue weighted by Crippen LogP contribution is 2.16. The molecule has 1 heteroatoms. The predicted octanol–water partition coefficient (Wildman–Crippen LogP) is 2.50. The molecule has 1 atom stereocenters. The lowest BCUT2D eigenvalue weighted by molar-refractivity contribution is 0.803. The van der Waals surface area contributed by atoms with Crippen molar-refractivity contribution >= 4 is 33.6 Å². The van der Waals surface area contributed by atoms with Crippen LogP contribution in [0.3, 0.4) is 0 Å². The van der Waals surface area contributed by atoms with E-state index in [4.69, 9.17) is 0 Å². The second kappa shape index (κ2) is 2.96. The van der Waals surface area contributed by atoms with Crippen LogP contribution < -0.4 is 9.75 Å². The largest absolute Gasteiger partial charge is 0.136 e. The SMILES string of the molecule is CC1C=c2c(sc3ccccc23)=CC1. The van der Waals surface area contributed by atoms with Gasteiger partial charge in [-0.3, -0.25) is 0 Å². The number of rotatable bonds is 0. The van der Waals surface area contributed by atoms with E-state index >= 15 is 0 Å². The average Bonchev–Trinajstić information content (AvgIpc) is 2.56. The minimum Gasteiger partial charge on any atom is -0.136 e. The maximum atomic E-state index is 2.41. The zero-order valence-electron chi connectivity index (χ0n) is 8.16. The summed E-state index contributed by atoms with van der Waals surface area (Å²) in [6.45, 7) is 2.28. The van der Waals surface area contributed by atoms with E-state index in [-0.39, 0.29) is 0 Å². The van der Waals surface area contributed by atoms with Crippen molar-refractivity contribution in [3.8, 4) is 0 Å². The molecular weight excluding hydrogens is 188 g/mol. The van der Waals surface area contributed by atoms with Crippen LogP contribution in [0.25, 0.3) is 22.2 Å². The third kappa shape index (κ3) is 1.12. The van der Waals surface area contributed by atoms with Crippen LogP contribution in [0.4, 0.5) is 0 Å². The van der Waals surface area contributed by atoms with Gasteiger partial charge in [-0.15, -0.1) is 11.3 Å². The summed E-state index contributed by atoms with van der Waals surface area (Å²) in [5.74, 6) is 0.695. The Balaban J connectivity index is 2.54. The van der Waals surface area contributed by atoms with Gasteiger partial charge in [-0.25, -0.2) is 0 Å². The Hall–Kier alpha value is -1.08. The summed E-state index contributed by atoms with van der Waals surface area (Å²) in [4.78, 5) is 0. The summed E-state index contributed by atoms with van der Waals surface area (Å²) < 4.78 is 2.88. The molecular formula is C13H12S. The Labute approximate surface area is 87.2 Å². The minimum absolute atomic E-state index is 0.695. The fourth-order valence-electron chi connectivity index (χ4n) is 2.05. The molecule has 1 aromatic carbocycles. The molecule has 1 unspecified atom stereocenters. The van der Waals surface area contributed by atoms with Gasteiger partial charge in [0.15, 0.2) is 0 Å². The molecule has 1 aliphatic rings. The van der Waals surface area contributed by atoms with Gasteiger partial charge in [0.05, 0.1) is 0 Å². The van der Waals surface area contributed by atoms with Crippen LogP contribution in [0.2, 0.25) is 0 Å². The van der Waals surface area contributed by atoms with Gasteiger partial charge in [0.25, 0.3) is 0 Å². The topological polar surface area (TPSA) is 0 Å². The van der Waals surface area contributed by atoms with E-state index in [2.05, 4.69) is 43.3 Å². The van der Waals surface area contributed by atoms with E-state index in [9.17, 15) is 0 Å². The minimum atomic E-state index is 0.695. The highest BCUT2D eigenvalue weighted by Gasteiger charge is 2.06. The van der Waals surface area contributed by atoms with Crippen LogP contribution in [0.15, 0.2) is 24.3 Å². The third-order valence-corrected chi connectivity index (χ3v) is 3.97. The summed E-state index contributed by atoms with van der Waals surface area (Å²) >= 11 is 1.91. The van der Waals surface area contributed by atoms with E-state index in [1.165, 1.54) is 26.3 Å². The van der Waals surface area contributed by atoms with Gasteiger partial charge >= 0.3 is 0 Å². The summed E-state index contributed by atoms with van der Waals surface area (Å²) in [5.41, 5.74) is 0. The number of benzene rings is 1. The van der Waals surface area contributed by atoms with Crippen molar-refractivity contribution < 1.29 is 0 Å². The fourth-order valence-corrected chi connectivity index (χ4v) is 3.19. The smallest absolute Gasteiger partial charge is 0.0355 e. The normalized spacial score (nSPS) is 19.9. The summed E-state index contributed by atoms with van der Waals surface area (Å²) in [6, 6.07) is 8.69. The van der Waals surface area contributed by atoms with Crippen LogP contribution >= 0.6 is 11.3 Å². The first-order valence-electron chi connectivity index (χ1n) is 5.04. The van der Waals surface area contributed by atoms with Crippen LogP contribution in [0.1, 0.15) is 13.3 Å². The zero-order chi connectivity index (χ0) is 9.54. The molecule has 0 amide bonds. The molecule has 0 saturated carbocycles. The van der Waals surface area contributed by atoms with E-state index in [1.54, 1.807) is 0 Å². The lowest BCUT2D eigenvalue weighted by atomic mass is 10.0. The first kappa shape index (κ1) is 8.25. The molecule has 0 spiro atoms. The molecule has 1 aromatic heterocycles. The van der Waals surface area contributed by atoms with E-state index in [1.807, 2.05) is 11.3 Å². The molecule has 1 aliphatic carbocycles.